The Morgan fingerprint density at radius 2 is 1.60 bits per heavy atom. The van der Waals surface area contributed by atoms with Crippen LogP contribution in [0.25, 0.3) is 0 Å². The van der Waals surface area contributed by atoms with Crippen molar-refractivity contribution in [3.05, 3.63) is 0 Å². The van der Waals surface area contributed by atoms with E-state index in [0.717, 1.165) is 44.9 Å². The fourth-order valence-corrected chi connectivity index (χ4v) is 2.66. The Hall–Kier alpha value is -1.14. The maximum absolute atomic E-state index is 12.1. The largest absolute Gasteiger partial charge is 0.396 e. The van der Waals surface area contributed by atoms with Gasteiger partial charge in [-0.3, -0.25) is 9.59 Å². The minimum atomic E-state index is -1.27. The number of carbonyl (C=O) groups is 2. The number of nitrogens with one attached hydrogen (secondary N) is 2. The van der Waals surface area contributed by atoms with Crippen LogP contribution >= 0.6 is 0 Å². The number of rotatable bonds is 15. The Labute approximate surface area is 152 Å². The molecule has 0 spiro atoms. The molecule has 0 aromatic heterocycles. The van der Waals surface area contributed by atoms with E-state index in [1.54, 1.807) is 6.92 Å². The average molecular weight is 359 g/mol. The minimum Gasteiger partial charge on any atom is -0.396 e. The van der Waals surface area contributed by atoms with Gasteiger partial charge in [-0.2, -0.15) is 0 Å². The lowest BCUT2D eigenvalue weighted by molar-refractivity contribution is -0.138. The first kappa shape index (κ1) is 23.9. The molecule has 0 heterocycles. The molecule has 0 fully saturated rings. The standard InChI is InChI=1S/C19H38N2O4/c1-4-6-8-9-12-19(3,15-22)17(24)18(25)21-14-11-16(23)20-13-10-7-5-2/h17,22,24H,4-15H2,1-3H3,(H,20,23)(H,21,25)/t17-,19+/m0/s1. The average Bonchev–Trinajstić information content (AvgIpc) is 2.61. The lowest BCUT2D eigenvalue weighted by atomic mass is 9.79. The predicted molar refractivity (Wildman–Crippen MR) is 100 cm³/mol. The molecule has 0 saturated carbocycles. The maximum Gasteiger partial charge on any atom is 0.249 e. The number of carbonyl (C=O) groups excluding carboxylic acids is 2. The van der Waals surface area contributed by atoms with Gasteiger partial charge in [0.25, 0.3) is 0 Å². The van der Waals surface area contributed by atoms with Gasteiger partial charge in [-0.25, -0.2) is 0 Å². The quantitative estimate of drug-likeness (QED) is 0.337. The van der Waals surface area contributed by atoms with Gasteiger partial charge in [0.1, 0.15) is 6.10 Å². The first-order chi connectivity index (χ1) is 11.9. The zero-order valence-corrected chi connectivity index (χ0v) is 16.3. The maximum atomic E-state index is 12.1. The fourth-order valence-electron chi connectivity index (χ4n) is 2.66. The number of hydrogen-bond donors (Lipinski definition) is 4. The van der Waals surface area contributed by atoms with Crippen LogP contribution in [0.5, 0.6) is 0 Å². The fraction of sp³-hybridized carbons (Fsp3) is 0.895. The zero-order chi connectivity index (χ0) is 19.1. The van der Waals surface area contributed by atoms with Gasteiger partial charge < -0.3 is 20.8 Å². The zero-order valence-electron chi connectivity index (χ0n) is 16.3. The van der Waals surface area contributed by atoms with Crippen molar-refractivity contribution in [2.45, 2.75) is 84.7 Å². The van der Waals surface area contributed by atoms with Crippen molar-refractivity contribution in [3.63, 3.8) is 0 Å². The summed E-state index contributed by atoms with van der Waals surface area (Å²) in [6, 6.07) is 0. The smallest absolute Gasteiger partial charge is 0.249 e. The monoisotopic (exact) mass is 358 g/mol. The van der Waals surface area contributed by atoms with E-state index in [-0.39, 0.29) is 25.5 Å². The van der Waals surface area contributed by atoms with Crippen LogP contribution in [-0.2, 0) is 9.59 Å². The van der Waals surface area contributed by atoms with Gasteiger partial charge in [0.05, 0.1) is 6.61 Å². The first-order valence-electron chi connectivity index (χ1n) is 9.74. The van der Waals surface area contributed by atoms with Crippen molar-refractivity contribution in [2.24, 2.45) is 5.41 Å². The van der Waals surface area contributed by atoms with E-state index in [1.807, 2.05) is 0 Å². The van der Waals surface area contributed by atoms with Crippen LogP contribution < -0.4 is 10.6 Å². The van der Waals surface area contributed by atoms with Crippen molar-refractivity contribution in [1.29, 1.82) is 0 Å². The van der Waals surface area contributed by atoms with Crippen LogP contribution in [0.3, 0.4) is 0 Å². The summed E-state index contributed by atoms with van der Waals surface area (Å²) < 4.78 is 0. The van der Waals surface area contributed by atoms with Crippen LogP contribution in [0.2, 0.25) is 0 Å². The van der Waals surface area contributed by atoms with Gasteiger partial charge in [-0.1, -0.05) is 59.3 Å². The molecule has 0 unspecified atom stereocenters. The summed E-state index contributed by atoms with van der Waals surface area (Å²) in [6.07, 6.45) is 6.77. The Balaban J connectivity index is 4.14. The highest BCUT2D eigenvalue weighted by Crippen LogP contribution is 2.28. The molecule has 0 aromatic rings. The van der Waals surface area contributed by atoms with E-state index >= 15 is 0 Å². The summed E-state index contributed by atoms with van der Waals surface area (Å²) in [5, 5.41) is 25.3. The lowest BCUT2D eigenvalue weighted by Gasteiger charge is -2.31. The Bertz CT molecular complexity index is 376. The molecule has 0 aliphatic heterocycles. The highest BCUT2D eigenvalue weighted by atomic mass is 16.3. The predicted octanol–water partition coefficient (Wildman–Crippen LogP) is 2.13. The molecule has 0 rings (SSSR count). The number of aliphatic hydroxyl groups excluding tert-OH is 2. The highest BCUT2D eigenvalue weighted by Gasteiger charge is 2.36. The Morgan fingerprint density at radius 1 is 0.960 bits per heavy atom. The molecule has 0 saturated heterocycles. The van der Waals surface area contributed by atoms with Crippen molar-refractivity contribution in [1.82, 2.24) is 10.6 Å². The number of aliphatic hydroxyl groups is 2. The Kier molecular flexibility index (Phi) is 13.4. The number of hydrogen-bond acceptors (Lipinski definition) is 4. The van der Waals surface area contributed by atoms with E-state index in [4.69, 9.17) is 0 Å². The topological polar surface area (TPSA) is 98.7 Å². The third kappa shape index (κ3) is 10.4. The van der Waals surface area contributed by atoms with Gasteiger partial charge >= 0.3 is 0 Å². The van der Waals surface area contributed by atoms with Crippen LogP contribution in [0, 0.1) is 5.41 Å². The van der Waals surface area contributed by atoms with E-state index in [2.05, 4.69) is 24.5 Å². The van der Waals surface area contributed by atoms with Crippen LogP contribution in [0.1, 0.15) is 78.6 Å². The molecule has 148 valence electrons. The van der Waals surface area contributed by atoms with Crippen LogP contribution in [-0.4, -0.2) is 47.8 Å². The van der Waals surface area contributed by atoms with Crippen molar-refractivity contribution in [2.75, 3.05) is 19.7 Å². The summed E-state index contributed by atoms with van der Waals surface area (Å²) in [5.41, 5.74) is -0.847. The first-order valence-corrected chi connectivity index (χ1v) is 9.74. The van der Waals surface area contributed by atoms with E-state index in [1.165, 1.54) is 0 Å². The second-order valence-corrected chi connectivity index (χ2v) is 7.12. The molecular weight excluding hydrogens is 320 g/mol. The molecule has 2 atom stereocenters. The second kappa shape index (κ2) is 14.1. The SMILES string of the molecule is CCCCCC[C@](C)(CO)[C@@H](O)C(=O)NCCC(=O)NCCCCC. The third-order valence-corrected chi connectivity index (χ3v) is 4.62. The summed E-state index contributed by atoms with van der Waals surface area (Å²) >= 11 is 0. The van der Waals surface area contributed by atoms with Crippen molar-refractivity contribution < 1.29 is 19.8 Å². The van der Waals surface area contributed by atoms with E-state index < -0.39 is 17.4 Å². The minimum absolute atomic E-state index is 0.102. The summed E-state index contributed by atoms with van der Waals surface area (Å²) in [5.74, 6) is -0.624. The van der Waals surface area contributed by atoms with Gasteiger partial charge in [0.2, 0.25) is 11.8 Å². The van der Waals surface area contributed by atoms with Gasteiger partial charge in [0, 0.05) is 24.9 Å². The summed E-state index contributed by atoms with van der Waals surface area (Å²) in [7, 11) is 0. The van der Waals surface area contributed by atoms with Gasteiger partial charge in [-0.05, 0) is 12.8 Å². The summed E-state index contributed by atoms with van der Waals surface area (Å²) in [6.45, 7) is 6.55. The van der Waals surface area contributed by atoms with E-state index in [0.29, 0.717) is 13.0 Å². The Morgan fingerprint density at radius 3 is 2.20 bits per heavy atom. The van der Waals surface area contributed by atoms with E-state index in [9.17, 15) is 19.8 Å². The molecule has 0 aliphatic carbocycles. The van der Waals surface area contributed by atoms with Crippen LogP contribution in [0.4, 0.5) is 0 Å². The molecule has 0 aromatic carbocycles. The van der Waals surface area contributed by atoms with Crippen LogP contribution in [0.15, 0.2) is 0 Å². The second-order valence-electron chi connectivity index (χ2n) is 7.12. The molecule has 6 heteroatoms. The van der Waals surface area contributed by atoms with Crippen molar-refractivity contribution in [3.8, 4) is 0 Å². The molecule has 6 nitrogen and oxygen atoms in total. The molecule has 25 heavy (non-hydrogen) atoms. The number of unbranched alkanes of at least 4 members (excludes halogenated alkanes) is 5. The third-order valence-electron chi connectivity index (χ3n) is 4.62. The highest BCUT2D eigenvalue weighted by molar-refractivity contribution is 5.82. The van der Waals surface area contributed by atoms with Crippen molar-refractivity contribution >= 4 is 11.8 Å². The molecule has 4 N–H and O–H groups in total. The molecule has 2 amide bonds. The molecule has 0 radical (unpaired) electrons. The molecular formula is C19H38N2O4. The molecule has 0 bridgehead atoms. The van der Waals surface area contributed by atoms with Gasteiger partial charge in [0.15, 0.2) is 0 Å². The van der Waals surface area contributed by atoms with Gasteiger partial charge in [-0.15, -0.1) is 0 Å². The lowest BCUT2D eigenvalue weighted by Crippen LogP contribution is -2.47. The molecule has 0 aliphatic rings. The normalized spacial score (nSPS) is 14.6. The summed E-state index contributed by atoms with van der Waals surface area (Å²) in [4.78, 5) is 23.8. The number of amides is 2.